The van der Waals surface area contributed by atoms with Crippen LogP contribution in [0.5, 0.6) is 17.2 Å². The molecule has 2 heterocycles. The van der Waals surface area contributed by atoms with Crippen LogP contribution in [-0.2, 0) is 20.0 Å². The summed E-state index contributed by atoms with van der Waals surface area (Å²) >= 11 is 0. The Morgan fingerprint density at radius 1 is 0.800 bits per heavy atom. The highest BCUT2D eigenvalue weighted by atomic mass is 19.1. The summed E-state index contributed by atoms with van der Waals surface area (Å²) < 4.78 is 30.2. The van der Waals surface area contributed by atoms with Crippen molar-refractivity contribution in [2.45, 2.75) is 61.4 Å². The first kappa shape index (κ1) is 34.6. The molecule has 0 N–H and O–H groups in total. The molecule has 0 fully saturated rings. The molecular weight excluding hydrogens is 573 g/mol. The van der Waals surface area contributed by atoms with Gasteiger partial charge in [0.25, 0.3) is 11.1 Å². The Kier molecular flexibility index (Phi) is 11.7. The molecule has 0 spiro atoms. The van der Waals surface area contributed by atoms with E-state index in [1.165, 1.54) is 25.2 Å². The molecule has 0 atom stereocenters. The second kappa shape index (κ2) is 15.2. The normalized spacial score (nSPS) is 10.4. The van der Waals surface area contributed by atoms with Gasteiger partial charge in [-0.05, 0) is 67.3 Å². The molecule has 0 aliphatic heterocycles. The number of hydrogen-bond acceptors (Lipinski definition) is 5. The smallest absolute Gasteiger partial charge is 0.337 e. The average molecular weight is 616 g/mol. The first-order chi connectivity index (χ1) is 21.6. The maximum Gasteiger partial charge on any atom is 0.337 e. The van der Waals surface area contributed by atoms with Crippen LogP contribution in [0.2, 0.25) is 0 Å². The molecule has 0 radical (unpaired) electrons. The summed E-state index contributed by atoms with van der Waals surface area (Å²) in [6.45, 7) is 13.6. The first-order valence-electron chi connectivity index (χ1n) is 15.2. The van der Waals surface area contributed by atoms with Crippen molar-refractivity contribution in [2.75, 3.05) is 7.11 Å². The molecule has 0 amide bonds. The van der Waals surface area contributed by atoms with Gasteiger partial charge >= 0.3 is 5.69 Å². The minimum Gasteiger partial charge on any atom is -0.497 e. The lowest BCUT2D eigenvalue weighted by molar-refractivity contribution is 0.414. The topological polar surface area (TPSA) is 84.5 Å². The number of benzene rings is 3. The van der Waals surface area contributed by atoms with Crippen molar-refractivity contribution in [3.8, 4) is 22.9 Å². The molecule has 0 saturated carbocycles. The second-order valence-electron chi connectivity index (χ2n) is 9.97. The van der Waals surface area contributed by atoms with Gasteiger partial charge in [-0.15, -0.1) is 0 Å². The van der Waals surface area contributed by atoms with Gasteiger partial charge in [-0.1, -0.05) is 70.5 Å². The molecule has 0 aliphatic carbocycles. The van der Waals surface area contributed by atoms with Gasteiger partial charge in [-0.2, -0.15) is 0 Å². The monoisotopic (exact) mass is 615 g/mol. The standard InChI is InChI=1S/C32H30FN3O5.2C2H6/c1-6-21-10-13-25(24(33)16-21)36-30-29(31(38)35(32(36)39)18-22-8-11-23(40-5)12-9-22)27(17-28(37)34(30)4)41-26-14-7-19(2)15-20(26)3;2*1-2/h7-17H,6,18H2,1-5H3;2*1-2H3. The summed E-state index contributed by atoms with van der Waals surface area (Å²) in [6, 6.07) is 18.2. The molecule has 0 bridgehead atoms. The van der Waals surface area contributed by atoms with Crippen LogP contribution in [0.25, 0.3) is 16.7 Å². The van der Waals surface area contributed by atoms with Crippen molar-refractivity contribution in [1.29, 1.82) is 0 Å². The molecule has 8 nitrogen and oxygen atoms in total. The molecule has 45 heavy (non-hydrogen) atoms. The van der Waals surface area contributed by atoms with Crippen molar-refractivity contribution in [1.82, 2.24) is 13.7 Å². The number of fused-ring (bicyclic) bond motifs is 1. The Bertz CT molecular complexity index is 1970. The van der Waals surface area contributed by atoms with Crippen LogP contribution in [0.15, 0.2) is 81.1 Å². The van der Waals surface area contributed by atoms with Gasteiger partial charge in [-0.3, -0.25) is 18.7 Å². The van der Waals surface area contributed by atoms with E-state index >= 15 is 4.39 Å². The third-order valence-electron chi connectivity index (χ3n) is 7.18. The van der Waals surface area contributed by atoms with Gasteiger partial charge in [0.05, 0.1) is 19.3 Å². The van der Waals surface area contributed by atoms with E-state index in [1.807, 2.05) is 60.6 Å². The van der Waals surface area contributed by atoms with Crippen molar-refractivity contribution in [3.05, 3.63) is 126 Å². The van der Waals surface area contributed by atoms with Crippen LogP contribution < -0.4 is 26.3 Å². The Morgan fingerprint density at radius 2 is 1.44 bits per heavy atom. The van der Waals surface area contributed by atoms with Gasteiger partial charge < -0.3 is 9.47 Å². The highest BCUT2D eigenvalue weighted by molar-refractivity contribution is 5.83. The van der Waals surface area contributed by atoms with E-state index < -0.39 is 22.6 Å². The Balaban J connectivity index is 0.00000133. The summed E-state index contributed by atoms with van der Waals surface area (Å²) in [5.74, 6) is 0.384. The third-order valence-corrected chi connectivity index (χ3v) is 7.18. The van der Waals surface area contributed by atoms with Crippen LogP contribution in [0, 0.1) is 19.7 Å². The largest absolute Gasteiger partial charge is 0.497 e. The molecule has 2 aromatic heterocycles. The minimum atomic E-state index is -0.792. The third kappa shape index (κ3) is 7.09. The Hall–Kier alpha value is -4.92. The van der Waals surface area contributed by atoms with Crippen molar-refractivity contribution in [3.63, 3.8) is 0 Å². The van der Waals surface area contributed by atoms with Gasteiger partial charge in [-0.25, -0.2) is 13.8 Å². The summed E-state index contributed by atoms with van der Waals surface area (Å²) in [6.07, 6.45) is 0.593. The molecule has 5 rings (SSSR count). The lowest BCUT2D eigenvalue weighted by Gasteiger charge is -2.19. The minimum absolute atomic E-state index is 0.0251. The number of rotatable bonds is 7. The number of aryl methyl sites for hydroxylation is 4. The Morgan fingerprint density at radius 3 is 2.02 bits per heavy atom. The molecule has 9 heteroatoms. The molecule has 238 valence electrons. The van der Waals surface area contributed by atoms with Gasteiger partial charge in [0.2, 0.25) is 0 Å². The van der Waals surface area contributed by atoms with Crippen molar-refractivity contribution >= 4 is 11.0 Å². The zero-order valence-electron chi connectivity index (χ0n) is 27.5. The van der Waals surface area contributed by atoms with Crippen LogP contribution in [0.3, 0.4) is 0 Å². The lowest BCUT2D eigenvalue weighted by atomic mass is 10.1. The van der Waals surface area contributed by atoms with E-state index in [2.05, 4.69) is 0 Å². The number of aromatic nitrogens is 3. The molecule has 0 aliphatic rings. The number of hydrogen-bond donors (Lipinski definition) is 0. The quantitative estimate of drug-likeness (QED) is 0.196. The summed E-state index contributed by atoms with van der Waals surface area (Å²) in [4.78, 5) is 41.3. The fraction of sp³-hybridized carbons (Fsp3) is 0.306. The molecular formula is C36H42FN3O5. The van der Waals surface area contributed by atoms with Crippen LogP contribution in [0.4, 0.5) is 4.39 Å². The maximum atomic E-state index is 15.6. The SMILES string of the molecule is CC.CC.CCc1ccc(-n2c(=O)n(Cc3ccc(OC)cc3)c(=O)c3c(Oc4ccc(C)cc4C)cc(=O)n(C)c32)c(F)c1. The molecule has 3 aromatic carbocycles. The van der Waals surface area contributed by atoms with Crippen LogP contribution >= 0.6 is 0 Å². The highest BCUT2D eigenvalue weighted by Gasteiger charge is 2.24. The maximum absolute atomic E-state index is 15.6. The zero-order valence-corrected chi connectivity index (χ0v) is 27.5. The van der Waals surface area contributed by atoms with Crippen molar-refractivity contribution < 1.29 is 13.9 Å². The van der Waals surface area contributed by atoms with Crippen molar-refractivity contribution in [2.24, 2.45) is 7.05 Å². The average Bonchev–Trinajstić information content (AvgIpc) is 3.05. The number of halogens is 1. The Labute approximate surface area is 262 Å². The number of methoxy groups -OCH3 is 1. The fourth-order valence-corrected chi connectivity index (χ4v) is 4.89. The van der Waals surface area contributed by atoms with E-state index in [4.69, 9.17) is 9.47 Å². The summed E-state index contributed by atoms with van der Waals surface area (Å²) in [5, 5.41) is -0.0286. The predicted molar refractivity (Wildman–Crippen MR) is 179 cm³/mol. The predicted octanol–water partition coefficient (Wildman–Crippen LogP) is 7.07. The van der Waals surface area contributed by atoms with E-state index in [1.54, 1.807) is 43.5 Å². The lowest BCUT2D eigenvalue weighted by Crippen LogP contribution is -2.42. The number of pyridine rings is 1. The van der Waals surface area contributed by atoms with Crippen LogP contribution in [0.1, 0.15) is 56.9 Å². The zero-order chi connectivity index (χ0) is 33.4. The van der Waals surface area contributed by atoms with Crippen LogP contribution in [-0.4, -0.2) is 20.8 Å². The molecule has 0 saturated heterocycles. The first-order valence-corrected chi connectivity index (χ1v) is 15.2. The second-order valence-corrected chi connectivity index (χ2v) is 9.97. The fourth-order valence-electron chi connectivity index (χ4n) is 4.89. The van der Waals surface area contributed by atoms with E-state index in [0.717, 1.165) is 30.4 Å². The summed E-state index contributed by atoms with van der Waals surface area (Å²) in [7, 11) is 2.98. The summed E-state index contributed by atoms with van der Waals surface area (Å²) in [5.41, 5.74) is 1.07. The van der Waals surface area contributed by atoms with E-state index in [-0.39, 0.29) is 29.0 Å². The highest BCUT2D eigenvalue weighted by Crippen LogP contribution is 2.30. The molecule has 0 unspecified atom stereocenters. The van der Waals surface area contributed by atoms with Gasteiger partial charge in [0, 0.05) is 13.1 Å². The number of ether oxygens (including phenoxy) is 2. The molecule has 5 aromatic rings. The number of nitrogens with zero attached hydrogens (tertiary/aromatic N) is 3. The van der Waals surface area contributed by atoms with E-state index in [0.29, 0.717) is 23.5 Å². The van der Waals surface area contributed by atoms with Gasteiger partial charge in [0.1, 0.15) is 34.1 Å². The van der Waals surface area contributed by atoms with Gasteiger partial charge in [0.15, 0.2) is 0 Å². The van der Waals surface area contributed by atoms with E-state index in [9.17, 15) is 14.4 Å².